The number of halogens is 2. The Bertz CT molecular complexity index is 1080. The molecule has 12 heteroatoms. The summed E-state index contributed by atoms with van der Waals surface area (Å²) in [6.07, 6.45) is 2.80. The fraction of sp³-hybridized carbons (Fsp3) is 0.478. The lowest BCUT2D eigenvalue weighted by atomic mass is 9.97. The largest absolute Gasteiger partial charge is 0.382 e. The first-order valence-electron chi connectivity index (χ1n) is 11.7. The molecule has 3 heterocycles. The summed E-state index contributed by atoms with van der Waals surface area (Å²) in [4.78, 5) is 39.7. The number of carbonyl (C=O) groups excluding carboxylic acids is 2. The Hall–Kier alpha value is -2.66. The van der Waals surface area contributed by atoms with E-state index >= 15 is 0 Å². The van der Waals surface area contributed by atoms with Crippen molar-refractivity contribution in [3.8, 4) is 0 Å². The molecule has 1 aromatic carbocycles. The normalized spacial score (nSPS) is 19.6. The Morgan fingerprint density at radius 1 is 1.09 bits per heavy atom. The van der Waals surface area contributed by atoms with E-state index in [2.05, 4.69) is 26.7 Å². The number of rotatable bonds is 5. The Labute approximate surface area is 214 Å². The molecule has 0 radical (unpaired) electrons. The van der Waals surface area contributed by atoms with Crippen molar-refractivity contribution >= 4 is 46.7 Å². The predicted molar refractivity (Wildman–Crippen MR) is 136 cm³/mol. The molecule has 0 aliphatic carbocycles. The van der Waals surface area contributed by atoms with E-state index in [0.29, 0.717) is 35.0 Å². The summed E-state index contributed by atoms with van der Waals surface area (Å²) in [7, 11) is 0. The van der Waals surface area contributed by atoms with Gasteiger partial charge in [-0.3, -0.25) is 19.9 Å². The first-order chi connectivity index (χ1) is 16.8. The van der Waals surface area contributed by atoms with Crippen molar-refractivity contribution in [1.82, 2.24) is 25.2 Å². The highest BCUT2D eigenvalue weighted by Crippen LogP contribution is 2.30. The number of hydrogen-bond acceptors (Lipinski definition) is 8. The zero-order valence-corrected chi connectivity index (χ0v) is 21.1. The minimum Gasteiger partial charge on any atom is -0.382 e. The second-order valence-corrected chi connectivity index (χ2v) is 9.62. The Morgan fingerprint density at radius 3 is 2.40 bits per heavy atom. The number of hydrogen-bond donors (Lipinski definition) is 3. The number of benzene rings is 1. The molecule has 2 aromatic rings. The maximum absolute atomic E-state index is 12.9. The molecule has 0 spiro atoms. The second kappa shape index (κ2) is 10.9. The zero-order valence-electron chi connectivity index (χ0n) is 19.6. The van der Waals surface area contributed by atoms with Crippen LogP contribution in [0.2, 0.25) is 10.2 Å². The Morgan fingerprint density at radius 2 is 1.77 bits per heavy atom. The maximum Gasteiger partial charge on any atom is 0.287 e. The number of anilines is 2. The third kappa shape index (κ3) is 5.45. The third-order valence-electron chi connectivity index (χ3n) is 6.82. The summed E-state index contributed by atoms with van der Waals surface area (Å²) < 4.78 is 0. The van der Waals surface area contributed by atoms with Gasteiger partial charge in [-0.15, -0.1) is 0 Å². The average molecular weight is 521 g/mol. The molecule has 2 saturated heterocycles. The molecule has 2 aliphatic heterocycles. The highest BCUT2D eigenvalue weighted by Gasteiger charge is 2.35. The van der Waals surface area contributed by atoms with E-state index in [9.17, 15) is 9.59 Å². The molecular formula is C23H30Cl2N8O2. The van der Waals surface area contributed by atoms with Gasteiger partial charge < -0.3 is 15.5 Å². The lowest BCUT2D eigenvalue weighted by molar-refractivity contribution is 0.0490. The third-order valence-corrected chi connectivity index (χ3v) is 7.33. The van der Waals surface area contributed by atoms with E-state index in [1.165, 1.54) is 0 Å². The number of carbonyl (C=O) groups is 2. The number of nitrogens with one attached hydrogen (secondary N) is 1. The first-order valence-corrected chi connectivity index (χ1v) is 12.5. The van der Waals surface area contributed by atoms with Gasteiger partial charge in [0.2, 0.25) is 0 Å². The van der Waals surface area contributed by atoms with Gasteiger partial charge in [0.15, 0.2) is 22.5 Å². The number of likely N-dealkylation sites (tertiary alicyclic amines) is 1. The quantitative estimate of drug-likeness (QED) is 0.310. The van der Waals surface area contributed by atoms with E-state index < -0.39 is 5.91 Å². The topological polar surface area (TPSA) is 134 Å². The van der Waals surface area contributed by atoms with Crippen LogP contribution in [-0.4, -0.2) is 76.4 Å². The van der Waals surface area contributed by atoms with Crippen LogP contribution >= 0.6 is 23.2 Å². The molecule has 0 unspecified atom stereocenters. The number of aromatic nitrogens is 2. The molecule has 10 nitrogen and oxygen atoms in total. The van der Waals surface area contributed by atoms with Gasteiger partial charge in [0.05, 0.1) is 0 Å². The van der Waals surface area contributed by atoms with E-state index in [1.54, 1.807) is 24.3 Å². The SMILES string of the molecule is CC[C@H]1CN(c2nc(N)c(C(=O)NN)nc2Cl)CCN1C1CCN(C(=O)c2ccc(Cl)cc2)CC1. The molecule has 1 aromatic heterocycles. The summed E-state index contributed by atoms with van der Waals surface area (Å²) in [5, 5.41) is 0.743. The van der Waals surface area contributed by atoms with Crippen LogP contribution in [0.25, 0.3) is 0 Å². The lowest BCUT2D eigenvalue weighted by Crippen LogP contribution is -2.58. The van der Waals surface area contributed by atoms with E-state index in [0.717, 1.165) is 45.4 Å². The van der Waals surface area contributed by atoms with E-state index in [-0.39, 0.29) is 22.6 Å². The fourth-order valence-corrected chi connectivity index (χ4v) is 5.31. The van der Waals surface area contributed by atoms with E-state index in [4.69, 9.17) is 34.8 Å². The monoisotopic (exact) mass is 520 g/mol. The van der Waals surface area contributed by atoms with Crippen molar-refractivity contribution in [3.05, 3.63) is 45.7 Å². The molecule has 5 N–H and O–H groups in total. The van der Waals surface area contributed by atoms with Gasteiger partial charge in [0.1, 0.15) is 0 Å². The summed E-state index contributed by atoms with van der Waals surface area (Å²) in [5.41, 5.74) is 8.52. The van der Waals surface area contributed by atoms with Crippen molar-refractivity contribution in [1.29, 1.82) is 0 Å². The molecule has 35 heavy (non-hydrogen) atoms. The minimum absolute atomic E-state index is 0.0134. The van der Waals surface area contributed by atoms with Crippen LogP contribution < -0.4 is 21.9 Å². The molecule has 2 aliphatic rings. The summed E-state index contributed by atoms with van der Waals surface area (Å²) in [5.74, 6) is 5.05. The number of amides is 2. The summed E-state index contributed by atoms with van der Waals surface area (Å²) in [6, 6.07) is 7.74. The number of hydrazine groups is 1. The average Bonchev–Trinajstić information content (AvgIpc) is 2.89. The molecule has 2 amide bonds. The van der Waals surface area contributed by atoms with E-state index in [1.807, 2.05) is 10.3 Å². The fourth-order valence-electron chi connectivity index (χ4n) is 4.94. The molecule has 4 rings (SSSR count). The van der Waals surface area contributed by atoms with Crippen LogP contribution in [0.1, 0.15) is 47.0 Å². The van der Waals surface area contributed by atoms with Crippen LogP contribution in [0, 0.1) is 0 Å². The molecule has 188 valence electrons. The van der Waals surface area contributed by atoms with Gasteiger partial charge in [-0.25, -0.2) is 15.8 Å². The smallest absolute Gasteiger partial charge is 0.287 e. The van der Waals surface area contributed by atoms with Crippen molar-refractivity contribution in [3.63, 3.8) is 0 Å². The van der Waals surface area contributed by atoms with Crippen LogP contribution in [0.15, 0.2) is 24.3 Å². The summed E-state index contributed by atoms with van der Waals surface area (Å²) in [6.45, 7) is 5.86. The van der Waals surface area contributed by atoms with Crippen molar-refractivity contribution in [2.24, 2.45) is 5.84 Å². The molecule has 1 atom stereocenters. The van der Waals surface area contributed by atoms with Crippen LogP contribution in [0.4, 0.5) is 11.6 Å². The summed E-state index contributed by atoms with van der Waals surface area (Å²) >= 11 is 12.3. The van der Waals surface area contributed by atoms with Crippen molar-refractivity contribution in [2.75, 3.05) is 43.4 Å². The van der Waals surface area contributed by atoms with Gasteiger partial charge in [-0.2, -0.15) is 0 Å². The number of piperidine rings is 1. The number of piperazine rings is 1. The van der Waals surface area contributed by atoms with Gasteiger partial charge in [-0.05, 0) is 43.5 Å². The molecule has 0 bridgehead atoms. The minimum atomic E-state index is -0.638. The molecule has 0 saturated carbocycles. The predicted octanol–water partition coefficient (Wildman–Crippen LogP) is 2.17. The highest BCUT2D eigenvalue weighted by atomic mass is 35.5. The molecular weight excluding hydrogens is 491 g/mol. The Balaban J connectivity index is 1.39. The number of nitrogens with two attached hydrogens (primary N) is 2. The van der Waals surface area contributed by atoms with Gasteiger partial charge in [0, 0.05) is 55.4 Å². The maximum atomic E-state index is 12.9. The van der Waals surface area contributed by atoms with Gasteiger partial charge >= 0.3 is 0 Å². The van der Waals surface area contributed by atoms with Gasteiger partial charge in [0.25, 0.3) is 11.8 Å². The number of nitrogen functional groups attached to an aromatic ring is 2. The van der Waals surface area contributed by atoms with Crippen LogP contribution in [0.5, 0.6) is 0 Å². The second-order valence-electron chi connectivity index (χ2n) is 8.82. The van der Waals surface area contributed by atoms with Crippen molar-refractivity contribution in [2.45, 2.75) is 38.3 Å². The standard InChI is InChI=1S/C23H30Cl2N8O2/c1-2-16-13-32(21-19(25)28-18(20(26)29-21)22(34)30-27)11-12-33(16)17-7-9-31(10-8-17)23(35)14-3-5-15(24)6-4-14/h3-6,16-17H,2,7-13,27H2,1H3,(H2,26,29)(H,30,34)/t16-/m0/s1. The number of nitrogens with zero attached hydrogens (tertiary/aromatic N) is 5. The zero-order chi connectivity index (χ0) is 25.1. The van der Waals surface area contributed by atoms with Gasteiger partial charge in [-0.1, -0.05) is 30.1 Å². The Kier molecular flexibility index (Phi) is 7.95. The first kappa shape index (κ1) is 25.4. The molecule has 2 fully saturated rings. The highest BCUT2D eigenvalue weighted by molar-refractivity contribution is 6.32. The van der Waals surface area contributed by atoms with Crippen molar-refractivity contribution < 1.29 is 9.59 Å². The van der Waals surface area contributed by atoms with Crippen LogP contribution in [-0.2, 0) is 0 Å². The lowest BCUT2D eigenvalue weighted by Gasteiger charge is -2.47. The van der Waals surface area contributed by atoms with Crippen LogP contribution in [0.3, 0.4) is 0 Å².